The molecule has 1 aliphatic rings. The minimum absolute atomic E-state index is 0.0558. The average Bonchev–Trinajstić information content (AvgIpc) is 2.40. The lowest BCUT2D eigenvalue weighted by atomic mass is 9.91. The van der Waals surface area contributed by atoms with Crippen LogP contribution in [0.3, 0.4) is 0 Å². The van der Waals surface area contributed by atoms with Gasteiger partial charge in [0.25, 0.3) is 0 Å². The van der Waals surface area contributed by atoms with Crippen molar-refractivity contribution in [3.63, 3.8) is 0 Å². The molecule has 0 radical (unpaired) electrons. The summed E-state index contributed by atoms with van der Waals surface area (Å²) in [6, 6.07) is 4.70. The minimum Gasteiger partial charge on any atom is -0.255 e. The molecule has 1 aromatic rings. The summed E-state index contributed by atoms with van der Waals surface area (Å²) in [5.41, 5.74) is 0.401. The first-order valence-corrected chi connectivity index (χ1v) is 10.2. The Morgan fingerprint density at radius 3 is 2.45 bits per heavy atom. The predicted molar refractivity (Wildman–Crippen MR) is 91.1 cm³/mol. The molecular weight excluding hydrogens is 389 g/mol. The molecule has 9 heteroatoms. The van der Waals surface area contributed by atoms with Gasteiger partial charge in [0, 0.05) is 27.6 Å². The summed E-state index contributed by atoms with van der Waals surface area (Å²) in [5.74, 6) is 0. The third kappa shape index (κ3) is 3.42. The van der Waals surface area contributed by atoms with E-state index in [1.54, 1.807) is 12.1 Å². The first-order valence-electron chi connectivity index (χ1n) is 5.97. The van der Waals surface area contributed by atoms with Gasteiger partial charge in [0.1, 0.15) is 4.87 Å². The summed E-state index contributed by atoms with van der Waals surface area (Å²) < 4.78 is 35.1. The maximum atomic E-state index is 11.9. The van der Waals surface area contributed by atoms with E-state index in [0.717, 1.165) is 0 Å². The molecule has 4 nitrogen and oxygen atoms in total. The van der Waals surface area contributed by atoms with E-state index in [1.807, 2.05) is 0 Å². The second-order valence-electron chi connectivity index (χ2n) is 4.77. The first-order chi connectivity index (χ1) is 10.1. The lowest BCUT2D eigenvalue weighted by molar-refractivity contribution is 0.597. The lowest BCUT2D eigenvalue weighted by Gasteiger charge is -2.31. The molecule has 0 bridgehead atoms. The normalized spacial score (nSPS) is 23.7. The first kappa shape index (κ1) is 18.0. The molecule has 0 spiro atoms. The number of halogens is 3. The third-order valence-electron chi connectivity index (χ3n) is 3.26. The van der Waals surface area contributed by atoms with Gasteiger partial charge >= 0.3 is 0 Å². The smallest absolute Gasteiger partial charge is 0.234 e. The fraction of sp³-hybridized carbons (Fsp3) is 0.231. The Hall–Kier alpha value is -0.370. The van der Waals surface area contributed by atoms with Crippen molar-refractivity contribution in [3.8, 4) is 0 Å². The lowest BCUT2D eigenvalue weighted by Crippen LogP contribution is -2.28. The van der Waals surface area contributed by atoms with E-state index in [-0.39, 0.29) is 16.4 Å². The van der Waals surface area contributed by atoms with Gasteiger partial charge in [-0.15, -0.1) is 11.6 Å². The van der Waals surface area contributed by atoms with E-state index in [4.69, 9.17) is 39.9 Å². The molecule has 0 heterocycles. The molecular formula is C13H12Cl3NO3S2. The van der Waals surface area contributed by atoms with Gasteiger partial charge in [0.2, 0.25) is 10.0 Å². The molecule has 1 aliphatic carbocycles. The minimum atomic E-state index is -3.91. The molecule has 2 N–H and O–H groups in total. The van der Waals surface area contributed by atoms with Gasteiger partial charge in [0.15, 0.2) is 0 Å². The van der Waals surface area contributed by atoms with Crippen LogP contribution in [0.1, 0.15) is 12.0 Å². The molecule has 2 atom stereocenters. The summed E-state index contributed by atoms with van der Waals surface area (Å²) >= 11 is 18.8. The number of nitrogens with two attached hydrogens (primary N) is 1. The number of rotatable bonds is 3. The second kappa shape index (κ2) is 6.26. The van der Waals surface area contributed by atoms with E-state index >= 15 is 0 Å². The summed E-state index contributed by atoms with van der Waals surface area (Å²) in [5, 5.41) is 5.75. The molecule has 0 saturated carbocycles. The highest BCUT2D eigenvalue weighted by Crippen LogP contribution is 2.49. The van der Waals surface area contributed by atoms with Gasteiger partial charge in [-0.3, -0.25) is 4.21 Å². The topological polar surface area (TPSA) is 77.2 Å². The molecule has 2 rings (SSSR count). The van der Waals surface area contributed by atoms with Crippen molar-refractivity contribution in [3.05, 3.63) is 50.9 Å². The van der Waals surface area contributed by atoms with E-state index < -0.39 is 25.7 Å². The largest absolute Gasteiger partial charge is 0.255 e. The Morgan fingerprint density at radius 1 is 1.27 bits per heavy atom. The Balaban J connectivity index is 2.66. The number of alkyl halides is 1. The van der Waals surface area contributed by atoms with Crippen LogP contribution >= 0.6 is 34.8 Å². The van der Waals surface area contributed by atoms with Crippen molar-refractivity contribution < 1.29 is 12.6 Å². The molecule has 0 aliphatic heterocycles. The molecule has 0 aromatic heterocycles. The van der Waals surface area contributed by atoms with Crippen LogP contribution in [0.2, 0.25) is 5.02 Å². The van der Waals surface area contributed by atoms with Crippen LogP contribution in [-0.2, 0) is 25.7 Å². The molecule has 0 amide bonds. The standard InChI is InChI=1S/C13H12Cl3NO3S2/c1-21(18)11-4-2-8(14)6-10(11)13(16)7-9(22(17,19)20)3-5-12(13)15/h2-6H,7H2,1H3,(H2,17,19,20). The zero-order chi connectivity index (χ0) is 16.7. The average molecular weight is 401 g/mol. The van der Waals surface area contributed by atoms with E-state index in [0.29, 0.717) is 15.5 Å². The fourth-order valence-electron chi connectivity index (χ4n) is 2.16. The van der Waals surface area contributed by atoms with Crippen LogP contribution in [-0.4, -0.2) is 18.9 Å². The zero-order valence-electron chi connectivity index (χ0n) is 11.3. The molecule has 22 heavy (non-hydrogen) atoms. The van der Waals surface area contributed by atoms with Crippen molar-refractivity contribution in [2.75, 3.05) is 6.26 Å². The summed E-state index contributed by atoms with van der Waals surface area (Å²) in [6.45, 7) is 0. The van der Waals surface area contributed by atoms with Crippen molar-refractivity contribution in [2.45, 2.75) is 16.2 Å². The molecule has 2 unspecified atom stereocenters. The number of sulfonamides is 1. The van der Waals surface area contributed by atoms with E-state index in [2.05, 4.69) is 0 Å². The monoisotopic (exact) mass is 399 g/mol. The van der Waals surface area contributed by atoms with Gasteiger partial charge in [0.05, 0.1) is 15.7 Å². The highest BCUT2D eigenvalue weighted by atomic mass is 35.5. The Morgan fingerprint density at radius 2 is 1.91 bits per heavy atom. The second-order valence-corrected chi connectivity index (χ2v) is 9.22. The van der Waals surface area contributed by atoms with Crippen LogP contribution in [0, 0.1) is 0 Å². The fourth-order valence-corrected chi connectivity index (χ4v) is 4.54. The SMILES string of the molecule is CS(=O)c1ccc(Cl)cc1C1(Cl)CC(S(N)(=O)=O)=CC=C1Cl. The molecule has 0 fully saturated rings. The van der Waals surface area contributed by atoms with Gasteiger partial charge in [-0.2, -0.15) is 0 Å². The predicted octanol–water partition coefficient (Wildman–Crippen LogP) is 3.21. The Labute approximate surface area is 146 Å². The van der Waals surface area contributed by atoms with Crippen LogP contribution in [0.15, 0.2) is 45.2 Å². The highest BCUT2D eigenvalue weighted by Gasteiger charge is 2.40. The quantitative estimate of drug-likeness (QED) is 0.791. The summed E-state index contributed by atoms with van der Waals surface area (Å²) in [4.78, 5) is -1.01. The van der Waals surface area contributed by atoms with Crippen molar-refractivity contribution in [2.24, 2.45) is 5.14 Å². The number of hydrogen-bond acceptors (Lipinski definition) is 3. The van der Waals surface area contributed by atoms with Crippen LogP contribution in [0.25, 0.3) is 0 Å². The van der Waals surface area contributed by atoms with Crippen molar-refractivity contribution in [1.29, 1.82) is 0 Å². The Bertz CT molecular complexity index is 818. The van der Waals surface area contributed by atoms with E-state index in [1.165, 1.54) is 24.5 Å². The maximum Gasteiger partial charge on any atom is 0.234 e. The number of allylic oxidation sites excluding steroid dienone is 4. The summed E-state index contributed by atoms with van der Waals surface area (Å²) in [7, 11) is -5.26. The molecule has 120 valence electrons. The van der Waals surface area contributed by atoms with Gasteiger partial charge in [-0.1, -0.05) is 23.2 Å². The van der Waals surface area contributed by atoms with Crippen molar-refractivity contribution in [1.82, 2.24) is 0 Å². The Kier molecular flexibility index (Phi) is 5.12. The number of hydrogen-bond donors (Lipinski definition) is 1. The van der Waals surface area contributed by atoms with Crippen LogP contribution < -0.4 is 5.14 Å². The molecule has 1 aromatic carbocycles. The van der Waals surface area contributed by atoms with Gasteiger partial charge in [-0.05, 0) is 35.9 Å². The van der Waals surface area contributed by atoms with Crippen molar-refractivity contribution >= 4 is 55.6 Å². The number of primary sulfonamides is 1. The summed E-state index contributed by atoms with van der Waals surface area (Å²) in [6.07, 6.45) is 4.03. The van der Waals surface area contributed by atoms with E-state index in [9.17, 15) is 12.6 Å². The number of benzene rings is 1. The zero-order valence-corrected chi connectivity index (χ0v) is 15.2. The molecule has 0 saturated heterocycles. The van der Waals surface area contributed by atoms with Crippen LogP contribution in [0.5, 0.6) is 0 Å². The highest BCUT2D eigenvalue weighted by molar-refractivity contribution is 7.93. The third-order valence-corrected chi connectivity index (χ3v) is 6.56. The maximum absolute atomic E-state index is 11.9. The van der Waals surface area contributed by atoms with Gasteiger partial charge in [-0.25, -0.2) is 13.6 Å². The van der Waals surface area contributed by atoms with Crippen LogP contribution in [0.4, 0.5) is 0 Å². The van der Waals surface area contributed by atoms with Gasteiger partial charge < -0.3 is 0 Å².